The summed E-state index contributed by atoms with van der Waals surface area (Å²) in [7, 11) is 0. The van der Waals surface area contributed by atoms with Gasteiger partial charge in [0.2, 0.25) is 0 Å². The molecule has 6 nitrogen and oxygen atoms in total. The van der Waals surface area contributed by atoms with Gasteiger partial charge in [0.15, 0.2) is 0 Å². The monoisotopic (exact) mass is 370 g/mol. The lowest BCUT2D eigenvalue weighted by Crippen LogP contribution is -2.34. The van der Waals surface area contributed by atoms with E-state index in [0.717, 1.165) is 11.4 Å². The number of carbonyl (C=O) groups excluding carboxylic acids is 1. The van der Waals surface area contributed by atoms with Gasteiger partial charge in [0.25, 0.3) is 5.91 Å². The summed E-state index contributed by atoms with van der Waals surface area (Å²) < 4.78 is 1.69. The van der Waals surface area contributed by atoms with Gasteiger partial charge in [-0.25, -0.2) is 4.68 Å². The van der Waals surface area contributed by atoms with Gasteiger partial charge < -0.3 is 15.7 Å². The Morgan fingerprint density at radius 2 is 2.29 bits per heavy atom. The molecule has 0 spiro atoms. The molecule has 1 amide bonds. The van der Waals surface area contributed by atoms with Crippen molar-refractivity contribution >= 4 is 29.9 Å². The van der Waals surface area contributed by atoms with Gasteiger partial charge in [-0.2, -0.15) is 5.10 Å². The van der Waals surface area contributed by atoms with E-state index in [1.54, 1.807) is 23.0 Å². The molecule has 1 fully saturated rings. The van der Waals surface area contributed by atoms with Crippen LogP contribution in [0.1, 0.15) is 16.1 Å². The molecule has 1 aliphatic heterocycles. The van der Waals surface area contributed by atoms with Crippen LogP contribution in [0.15, 0.2) is 30.5 Å². The van der Waals surface area contributed by atoms with E-state index in [2.05, 4.69) is 15.7 Å². The molecule has 130 valence electrons. The quantitative estimate of drug-likeness (QED) is 0.762. The van der Waals surface area contributed by atoms with Crippen molar-refractivity contribution in [1.82, 2.24) is 20.4 Å². The summed E-state index contributed by atoms with van der Waals surface area (Å²) >= 11 is 6.00. The number of aliphatic hydroxyl groups excluding tert-OH is 1. The Balaban J connectivity index is 0.00000208. The van der Waals surface area contributed by atoms with E-state index in [1.807, 2.05) is 19.1 Å². The molecule has 2 heterocycles. The number of amides is 1. The number of aliphatic hydroxyl groups is 1. The second-order valence-electron chi connectivity index (χ2n) is 5.73. The van der Waals surface area contributed by atoms with Crippen molar-refractivity contribution in [3.8, 4) is 5.69 Å². The largest absolute Gasteiger partial charge is 0.391 e. The lowest BCUT2D eigenvalue weighted by Gasteiger charge is -2.14. The Hall–Kier alpha value is -1.60. The second kappa shape index (κ2) is 7.98. The van der Waals surface area contributed by atoms with E-state index in [0.29, 0.717) is 30.2 Å². The summed E-state index contributed by atoms with van der Waals surface area (Å²) in [5.74, 6) is -0.142. The molecular formula is C16H20Cl2N4O2. The van der Waals surface area contributed by atoms with Crippen molar-refractivity contribution < 1.29 is 9.90 Å². The number of β-amino-alcohol motifs (C(OH)–C–C–N with tert-alkyl or cyclic N) is 1. The Kier molecular flexibility index (Phi) is 6.23. The summed E-state index contributed by atoms with van der Waals surface area (Å²) in [6, 6.07) is 7.31. The van der Waals surface area contributed by atoms with Crippen LogP contribution in [0.3, 0.4) is 0 Å². The topological polar surface area (TPSA) is 79.2 Å². The highest BCUT2D eigenvalue weighted by Crippen LogP contribution is 2.18. The third-order valence-electron chi connectivity index (χ3n) is 4.14. The predicted molar refractivity (Wildman–Crippen MR) is 95.3 cm³/mol. The highest BCUT2D eigenvalue weighted by atomic mass is 35.5. The average molecular weight is 371 g/mol. The molecule has 2 unspecified atom stereocenters. The standard InChI is InChI=1S/C16H19ClN4O2.ClH/c1-10-14(16(23)19-7-11-6-18-9-15(11)22)8-20-21(10)13-4-2-3-12(17)5-13;/h2-5,8,11,15,18,22H,6-7,9H2,1H3,(H,19,23);1H. The molecule has 1 aromatic heterocycles. The van der Waals surface area contributed by atoms with Crippen LogP contribution in [0.25, 0.3) is 5.69 Å². The molecule has 1 saturated heterocycles. The molecule has 2 aromatic rings. The van der Waals surface area contributed by atoms with Crippen LogP contribution in [0, 0.1) is 12.8 Å². The maximum absolute atomic E-state index is 12.3. The lowest BCUT2D eigenvalue weighted by atomic mass is 10.1. The lowest BCUT2D eigenvalue weighted by molar-refractivity contribution is 0.0926. The van der Waals surface area contributed by atoms with E-state index < -0.39 is 6.10 Å². The van der Waals surface area contributed by atoms with Crippen LogP contribution in [0.4, 0.5) is 0 Å². The molecule has 3 N–H and O–H groups in total. The van der Waals surface area contributed by atoms with Gasteiger partial charge >= 0.3 is 0 Å². The van der Waals surface area contributed by atoms with Crippen LogP contribution >= 0.6 is 24.0 Å². The Morgan fingerprint density at radius 3 is 2.96 bits per heavy atom. The third kappa shape index (κ3) is 3.89. The smallest absolute Gasteiger partial charge is 0.254 e. The van der Waals surface area contributed by atoms with Crippen LogP contribution in [-0.2, 0) is 0 Å². The average Bonchev–Trinajstić information content (AvgIpc) is 3.11. The number of aromatic nitrogens is 2. The molecular weight excluding hydrogens is 351 g/mol. The summed E-state index contributed by atoms with van der Waals surface area (Å²) in [6.07, 6.45) is 1.14. The van der Waals surface area contributed by atoms with Gasteiger partial charge in [-0.1, -0.05) is 17.7 Å². The molecule has 3 rings (SSSR count). The zero-order valence-corrected chi connectivity index (χ0v) is 14.8. The van der Waals surface area contributed by atoms with Gasteiger partial charge in [-0.15, -0.1) is 12.4 Å². The van der Waals surface area contributed by atoms with Crippen molar-refractivity contribution in [2.45, 2.75) is 13.0 Å². The molecule has 1 aromatic carbocycles. The highest BCUT2D eigenvalue weighted by Gasteiger charge is 2.25. The summed E-state index contributed by atoms with van der Waals surface area (Å²) in [4.78, 5) is 12.3. The maximum atomic E-state index is 12.3. The van der Waals surface area contributed by atoms with Crippen molar-refractivity contribution in [3.63, 3.8) is 0 Å². The SMILES string of the molecule is Cc1c(C(=O)NCC2CNCC2O)cnn1-c1cccc(Cl)c1.Cl. The first kappa shape index (κ1) is 18.7. The van der Waals surface area contributed by atoms with Crippen molar-refractivity contribution in [1.29, 1.82) is 0 Å². The van der Waals surface area contributed by atoms with E-state index in [4.69, 9.17) is 11.6 Å². The number of carbonyl (C=O) groups is 1. The van der Waals surface area contributed by atoms with E-state index in [1.165, 1.54) is 0 Å². The first-order valence-electron chi connectivity index (χ1n) is 7.54. The number of rotatable bonds is 4. The molecule has 2 atom stereocenters. The van der Waals surface area contributed by atoms with Crippen molar-refractivity contribution in [2.24, 2.45) is 5.92 Å². The van der Waals surface area contributed by atoms with E-state index in [9.17, 15) is 9.90 Å². The number of halogens is 2. The zero-order valence-electron chi connectivity index (χ0n) is 13.2. The molecule has 0 saturated carbocycles. The Morgan fingerprint density at radius 1 is 1.50 bits per heavy atom. The fraction of sp³-hybridized carbons (Fsp3) is 0.375. The Labute approximate surface area is 151 Å². The van der Waals surface area contributed by atoms with Gasteiger partial charge in [0, 0.05) is 30.6 Å². The predicted octanol–water partition coefficient (Wildman–Crippen LogP) is 1.57. The number of hydrogen-bond donors (Lipinski definition) is 3. The number of hydrogen-bond acceptors (Lipinski definition) is 4. The minimum absolute atomic E-state index is 0. The maximum Gasteiger partial charge on any atom is 0.254 e. The van der Waals surface area contributed by atoms with Gasteiger partial charge in [-0.3, -0.25) is 4.79 Å². The fourth-order valence-electron chi connectivity index (χ4n) is 2.75. The fourth-order valence-corrected chi connectivity index (χ4v) is 2.93. The zero-order chi connectivity index (χ0) is 16.4. The summed E-state index contributed by atoms with van der Waals surface area (Å²) in [6.45, 7) is 3.57. The summed E-state index contributed by atoms with van der Waals surface area (Å²) in [5, 5.41) is 20.6. The summed E-state index contributed by atoms with van der Waals surface area (Å²) in [5.41, 5.74) is 2.07. The van der Waals surface area contributed by atoms with Crippen LogP contribution < -0.4 is 10.6 Å². The number of benzene rings is 1. The van der Waals surface area contributed by atoms with E-state index >= 15 is 0 Å². The number of nitrogens with one attached hydrogen (secondary N) is 2. The molecule has 0 bridgehead atoms. The van der Waals surface area contributed by atoms with E-state index in [-0.39, 0.29) is 24.2 Å². The van der Waals surface area contributed by atoms with Crippen LogP contribution in [0.5, 0.6) is 0 Å². The first-order valence-corrected chi connectivity index (χ1v) is 7.91. The number of nitrogens with zero attached hydrogens (tertiary/aromatic N) is 2. The minimum atomic E-state index is -0.411. The van der Waals surface area contributed by atoms with Crippen LogP contribution in [0.2, 0.25) is 5.02 Å². The Bertz CT molecular complexity index is 720. The molecule has 1 aliphatic rings. The molecule has 0 aliphatic carbocycles. The molecule has 24 heavy (non-hydrogen) atoms. The molecule has 8 heteroatoms. The van der Waals surface area contributed by atoms with Crippen molar-refractivity contribution in [2.75, 3.05) is 19.6 Å². The van der Waals surface area contributed by atoms with Gasteiger partial charge in [0.05, 0.1) is 29.2 Å². The minimum Gasteiger partial charge on any atom is -0.391 e. The first-order chi connectivity index (χ1) is 11.1. The van der Waals surface area contributed by atoms with Gasteiger partial charge in [-0.05, 0) is 25.1 Å². The molecule has 0 radical (unpaired) electrons. The van der Waals surface area contributed by atoms with Gasteiger partial charge in [0.1, 0.15) is 0 Å². The highest BCUT2D eigenvalue weighted by molar-refractivity contribution is 6.30. The van der Waals surface area contributed by atoms with Crippen LogP contribution in [-0.4, -0.2) is 46.5 Å². The second-order valence-corrected chi connectivity index (χ2v) is 6.17. The third-order valence-corrected chi connectivity index (χ3v) is 4.37. The normalized spacial score (nSPS) is 19.8. The van der Waals surface area contributed by atoms with Crippen molar-refractivity contribution in [3.05, 3.63) is 46.7 Å².